The molecule has 366 valence electrons. The van der Waals surface area contributed by atoms with Crippen molar-refractivity contribution < 1.29 is 15.0 Å². The molecule has 0 aliphatic carbocycles. The number of allylic oxidation sites excluding steroid dienone is 5. The molecule has 0 aromatic rings. The zero-order valence-corrected chi connectivity index (χ0v) is 42.2. The molecule has 0 spiro atoms. The van der Waals surface area contributed by atoms with Crippen molar-refractivity contribution in [3.05, 3.63) is 36.5 Å². The van der Waals surface area contributed by atoms with E-state index in [1.807, 2.05) is 6.08 Å². The predicted octanol–water partition coefficient (Wildman–Crippen LogP) is 18.5. The van der Waals surface area contributed by atoms with Crippen LogP contribution >= 0.6 is 0 Å². The van der Waals surface area contributed by atoms with Crippen LogP contribution in [0, 0.1) is 0 Å². The first kappa shape index (κ1) is 60.6. The molecule has 2 unspecified atom stereocenters. The number of amides is 1. The zero-order chi connectivity index (χ0) is 44.9. The molecule has 0 heterocycles. The van der Waals surface area contributed by atoms with Crippen molar-refractivity contribution in [2.75, 3.05) is 6.61 Å². The second-order valence-corrected chi connectivity index (χ2v) is 19.3. The Morgan fingerprint density at radius 1 is 0.371 bits per heavy atom. The Bertz CT molecular complexity index is 943. The number of nitrogens with one attached hydrogen (secondary N) is 1. The largest absolute Gasteiger partial charge is 0.394 e. The molecule has 0 aliphatic rings. The third-order valence-corrected chi connectivity index (χ3v) is 13.1. The average molecular weight is 871 g/mol. The molecule has 0 saturated heterocycles. The molecule has 0 rings (SSSR count). The first-order chi connectivity index (χ1) is 30.7. The summed E-state index contributed by atoms with van der Waals surface area (Å²) in [5, 5.41) is 23.0. The first-order valence-electron chi connectivity index (χ1n) is 28.2. The van der Waals surface area contributed by atoms with Gasteiger partial charge in [-0.1, -0.05) is 301 Å². The highest BCUT2D eigenvalue weighted by Gasteiger charge is 2.18. The number of hydrogen-bond donors (Lipinski definition) is 3. The van der Waals surface area contributed by atoms with Crippen LogP contribution in [0.1, 0.15) is 309 Å². The van der Waals surface area contributed by atoms with E-state index in [0.29, 0.717) is 6.42 Å². The Hall–Kier alpha value is -1.39. The fourth-order valence-corrected chi connectivity index (χ4v) is 8.79. The topological polar surface area (TPSA) is 69.6 Å². The van der Waals surface area contributed by atoms with Gasteiger partial charge in [-0.15, -0.1) is 0 Å². The number of hydrogen-bond acceptors (Lipinski definition) is 3. The Morgan fingerprint density at radius 2 is 0.629 bits per heavy atom. The maximum Gasteiger partial charge on any atom is 0.220 e. The third kappa shape index (κ3) is 49.6. The molecule has 62 heavy (non-hydrogen) atoms. The predicted molar refractivity (Wildman–Crippen MR) is 276 cm³/mol. The molecular formula is C58H111NO3. The summed E-state index contributed by atoms with van der Waals surface area (Å²) in [5.74, 6) is -0.0744. The van der Waals surface area contributed by atoms with E-state index in [1.165, 1.54) is 250 Å². The fraction of sp³-hybridized carbons (Fsp3) is 0.879. The summed E-state index contributed by atoms with van der Waals surface area (Å²) in [6.45, 7) is 4.26. The molecule has 0 aromatic carbocycles. The van der Waals surface area contributed by atoms with E-state index in [2.05, 4.69) is 43.5 Å². The van der Waals surface area contributed by atoms with Crippen molar-refractivity contribution in [1.82, 2.24) is 5.32 Å². The molecule has 3 N–H and O–H groups in total. The van der Waals surface area contributed by atoms with Crippen LogP contribution in [0.2, 0.25) is 0 Å². The van der Waals surface area contributed by atoms with Crippen LogP contribution in [0.25, 0.3) is 0 Å². The summed E-state index contributed by atoms with van der Waals surface area (Å²) < 4.78 is 0. The molecule has 0 aromatic heterocycles. The summed E-state index contributed by atoms with van der Waals surface area (Å²) in [5.41, 5.74) is 0. The van der Waals surface area contributed by atoms with Crippen LogP contribution < -0.4 is 5.32 Å². The van der Waals surface area contributed by atoms with Gasteiger partial charge in [0.05, 0.1) is 18.8 Å². The Kier molecular flexibility index (Phi) is 52.7. The highest BCUT2D eigenvalue weighted by molar-refractivity contribution is 5.76. The minimum absolute atomic E-state index is 0.0744. The summed E-state index contributed by atoms with van der Waals surface area (Å²) >= 11 is 0. The van der Waals surface area contributed by atoms with Crippen molar-refractivity contribution in [2.24, 2.45) is 0 Å². The highest BCUT2D eigenvalue weighted by atomic mass is 16.3. The van der Waals surface area contributed by atoms with Crippen molar-refractivity contribution in [2.45, 2.75) is 321 Å². The lowest BCUT2D eigenvalue weighted by atomic mass is 10.0. The third-order valence-electron chi connectivity index (χ3n) is 13.1. The van der Waals surface area contributed by atoms with Gasteiger partial charge in [-0.3, -0.25) is 4.79 Å². The number of rotatable bonds is 52. The van der Waals surface area contributed by atoms with Gasteiger partial charge < -0.3 is 15.5 Å². The monoisotopic (exact) mass is 870 g/mol. The number of carbonyl (C=O) groups excluding carboxylic acids is 1. The second kappa shape index (κ2) is 53.9. The van der Waals surface area contributed by atoms with Gasteiger partial charge in [-0.05, 0) is 38.5 Å². The standard InChI is InChI=1S/C58H111NO3/c1-3-5-7-9-11-13-15-17-18-19-20-21-22-23-24-25-26-27-28-29-30-31-32-33-34-35-36-37-38-39-40-41-42-44-46-48-50-52-54-58(62)59-56(55-60)57(61)53-51-49-47-45-43-16-14-12-10-8-6-4-2/h10,12,43,45,51,53,56-57,60-61H,3-9,11,13-42,44,46-50,52,54-55H2,1-2H3,(H,59,62)/b12-10+,45-43+,53-51+. The van der Waals surface area contributed by atoms with Crippen LogP contribution in [0.3, 0.4) is 0 Å². The van der Waals surface area contributed by atoms with Crippen molar-refractivity contribution in [3.63, 3.8) is 0 Å². The number of aliphatic hydroxyl groups is 2. The summed E-state index contributed by atoms with van der Waals surface area (Å²) in [7, 11) is 0. The Morgan fingerprint density at radius 3 is 0.919 bits per heavy atom. The molecule has 0 fully saturated rings. The minimum atomic E-state index is -0.867. The maximum absolute atomic E-state index is 12.4. The van der Waals surface area contributed by atoms with Crippen molar-refractivity contribution >= 4 is 5.91 Å². The average Bonchev–Trinajstić information content (AvgIpc) is 3.28. The van der Waals surface area contributed by atoms with Gasteiger partial charge in [-0.2, -0.15) is 0 Å². The van der Waals surface area contributed by atoms with Gasteiger partial charge in [0, 0.05) is 6.42 Å². The van der Waals surface area contributed by atoms with Gasteiger partial charge in [0.1, 0.15) is 0 Å². The van der Waals surface area contributed by atoms with E-state index in [9.17, 15) is 15.0 Å². The molecule has 0 saturated carbocycles. The SMILES string of the molecule is CCCC/C=C/CC/C=C/CC/C=C/C(O)C(CO)NC(=O)CCCCCCCCCCCCCCCCCCCCCCCCCCCCCCCCCCCCCCCC. The molecule has 4 heteroatoms. The molecule has 0 radical (unpaired) electrons. The van der Waals surface area contributed by atoms with Gasteiger partial charge in [-0.25, -0.2) is 0 Å². The van der Waals surface area contributed by atoms with Crippen molar-refractivity contribution in [1.29, 1.82) is 0 Å². The molecule has 1 amide bonds. The Labute approximate surface area is 389 Å². The zero-order valence-electron chi connectivity index (χ0n) is 42.2. The van der Waals surface area contributed by atoms with Crippen LogP contribution in [0.5, 0.6) is 0 Å². The first-order valence-corrected chi connectivity index (χ1v) is 28.2. The van der Waals surface area contributed by atoms with E-state index in [0.717, 1.165) is 38.5 Å². The molecular weight excluding hydrogens is 759 g/mol. The smallest absolute Gasteiger partial charge is 0.220 e. The Balaban J connectivity index is 3.36. The van der Waals surface area contributed by atoms with E-state index < -0.39 is 12.1 Å². The lowest BCUT2D eigenvalue weighted by molar-refractivity contribution is -0.123. The van der Waals surface area contributed by atoms with Crippen LogP contribution in [-0.4, -0.2) is 34.9 Å². The van der Waals surface area contributed by atoms with Gasteiger partial charge >= 0.3 is 0 Å². The van der Waals surface area contributed by atoms with Gasteiger partial charge in [0.15, 0.2) is 0 Å². The van der Waals surface area contributed by atoms with Crippen LogP contribution in [0.4, 0.5) is 0 Å². The highest BCUT2D eigenvalue weighted by Crippen LogP contribution is 2.18. The van der Waals surface area contributed by atoms with Crippen LogP contribution in [-0.2, 0) is 4.79 Å². The normalized spacial score (nSPS) is 13.0. The van der Waals surface area contributed by atoms with E-state index in [1.54, 1.807) is 6.08 Å². The maximum atomic E-state index is 12.4. The fourth-order valence-electron chi connectivity index (χ4n) is 8.79. The van der Waals surface area contributed by atoms with Gasteiger partial charge in [0.25, 0.3) is 0 Å². The number of aliphatic hydroxyl groups excluding tert-OH is 2. The van der Waals surface area contributed by atoms with Crippen LogP contribution in [0.15, 0.2) is 36.5 Å². The second-order valence-electron chi connectivity index (χ2n) is 19.3. The number of carbonyl (C=O) groups is 1. The van der Waals surface area contributed by atoms with Crippen molar-refractivity contribution in [3.8, 4) is 0 Å². The van der Waals surface area contributed by atoms with E-state index in [-0.39, 0.29) is 12.5 Å². The molecule has 0 aliphatic heterocycles. The summed E-state index contributed by atoms with van der Waals surface area (Å²) in [4.78, 5) is 12.4. The molecule has 2 atom stereocenters. The molecule has 4 nitrogen and oxygen atoms in total. The molecule has 0 bridgehead atoms. The lowest BCUT2D eigenvalue weighted by Gasteiger charge is -2.19. The quantitative estimate of drug-likeness (QED) is 0.0421. The number of unbranched alkanes of at least 4 members (excludes halogenated alkanes) is 41. The van der Waals surface area contributed by atoms with E-state index in [4.69, 9.17) is 0 Å². The van der Waals surface area contributed by atoms with E-state index >= 15 is 0 Å². The van der Waals surface area contributed by atoms with Gasteiger partial charge in [0.2, 0.25) is 5.91 Å². The minimum Gasteiger partial charge on any atom is -0.394 e. The summed E-state index contributed by atoms with van der Waals surface area (Å²) in [6.07, 6.45) is 73.4. The summed E-state index contributed by atoms with van der Waals surface area (Å²) in [6, 6.07) is -0.642. The lowest BCUT2D eigenvalue weighted by Crippen LogP contribution is -2.45.